The first-order valence-electron chi connectivity index (χ1n) is 9.26. The monoisotopic (exact) mass is 372 g/mol. The minimum Gasteiger partial charge on any atom is -0.493 e. The highest BCUT2D eigenvalue weighted by Gasteiger charge is 2.18. The van der Waals surface area contributed by atoms with Crippen LogP contribution in [0, 0.1) is 5.82 Å². The molecule has 0 radical (unpaired) electrons. The van der Waals surface area contributed by atoms with Gasteiger partial charge in [0.2, 0.25) is 0 Å². The summed E-state index contributed by atoms with van der Waals surface area (Å²) in [5.41, 5.74) is 6.65. The van der Waals surface area contributed by atoms with E-state index in [2.05, 4.69) is 5.32 Å². The van der Waals surface area contributed by atoms with Gasteiger partial charge in [-0.1, -0.05) is 25.3 Å². The summed E-state index contributed by atoms with van der Waals surface area (Å²) in [6.45, 7) is 0.247. The van der Waals surface area contributed by atoms with Gasteiger partial charge in [-0.25, -0.2) is 4.39 Å². The van der Waals surface area contributed by atoms with E-state index in [-0.39, 0.29) is 30.0 Å². The molecule has 1 saturated carbocycles. The van der Waals surface area contributed by atoms with Gasteiger partial charge in [0.25, 0.3) is 5.91 Å². The van der Waals surface area contributed by atoms with Gasteiger partial charge in [0.1, 0.15) is 0 Å². The lowest BCUT2D eigenvalue weighted by molar-refractivity contribution is 0.0927. The molecule has 1 aliphatic carbocycles. The molecule has 0 aliphatic heterocycles. The number of nitrogens with two attached hydrogens (primary N) is 1. The van der Waals surface area contributed by atoms with Gasteiger partial charge in [-0.05, 0) is 48.7 Å². The topological polar surface area (TPSA) is 73.6 Å². The summed E-state index contributed by atoms with van der Waals surface area (Å²) in [5, 5.41) is 3.07. The SMILES string of the molecule is COc1ccc(C(=O)NC2CCCCC2)cc1Oc1ccc(CN)cc1F. The zero-order valence-electron chi connectivity index (χ0n) is 15.5. The Morgan fingerprint density at radius 3 is 2.52 bits per heavy atom. The second kappa shape index (κ2) is 8.86. The fourth-order valence-electron chi connectivity index (χ4n) is 3.29. The number of methoxy groups -OCH3 is 1. The molecule has 0 saturated heterocycles. The molecule has 0 heterocycles. The van der Waals surface area contributed by atoms with Crippen LogP contribution in [0.25, 0.3) is 0 Å². The number of carbonyl (C=O) groups excluding carboxylic acids is 1. The Labute approximate surface area is 158 Å². The molecule has 2 aromatic rings. The van der Waals surface area contributed by atoms with E-state index in [0.29, 0.717) is 16.9 Å². The van der Waals surface area contributed by atoms with Gasteiger partial charge in [-0.15, -0.1) is 0 Å². The highest BCUT2D eigenvalue weighted by molar-refractivity contribution is 5.95. The Morgan fingerprint density at radius 2 is 1.85 bits per heavy atom. The minimum atomic E-state index is -0.517. The van der Waals surface area contributed by atoms with Gasteiger partial charge in [0.15, 0.2) is 23.1 Å². The van der Waals surface area contributed by atoms with Crippen molar-refractivity contribution in [3.8, 4) is 17.2 Å². The van der Waals surface area contributed by atoms with Crippen molar-refractivity contribution in [1.82, 2.24) is 5.32 Å². The first-order chi connectivity index (χ1) is 13.1. The molecule has 0 unspecified atom stereocenters. The summed E-state index contributed by atoms with van der Waals surface area (Å²) in [5.74, 6) is 0.0838. The number of hydrogen-bond donors (Lipinski definition) is 2. The molecule has 1 amide bonds. The van der Waals surface area contributed by atoms with Crippen LogP contribution in [0.4, 0.5) is 4.39 Å². The summed E-state index contributed by atoms with van der Waals surface area (Å²) in [7, 11) is 1.50. The normalized spacial score (nSPS) is 14.6. The fraction of sp³-hybridized carbons (Fsp3) is 0.381. The molecule has 5 nitrogen and oxygen atoms in total. The standard InChI is InChI=1S/C21H25FN2O3/c1-26-19-10-8-15(21(25)24-16-5-3-2-4-6-16)12-20(19)27-18-9-7-14(13-23)11-17(18)22/h7-12,16H,2-6,13,23H2,1H3,(H,24,25). The van der Waals surface area contributed by atoms with E-state index in [1.54, 1.807) is 24.3 Å². The highest BCUT2D eigenvalue weighted by atomic mass is 19.1. The Morgan fingerprint density at radius 1 is 1.11 bits per heavy atom. The van der Waals surface area contributed by atoms with Crippen LogP contribution in [0.1, 0.15) is 48.0 Å². The van der Waals surface area contributed by atoms with Crippen LogP contribution in [-0.4, -0.2) is 19.1 Å². The van der Waals surface area contributed by atoms with E-state index in [0.717, 1.165) is 25.7 Å². The largest absolute Gasteiger partial charge is 0.493 e. The van der Waals surface area contributed by atoms with Crippen molar-refractivity contribution >= 4 is 5.91 Å². The zero-order valence-corrected chi connectivity index (χ0v) is 15.5. The minimum absolute atomic E-state index is 0.0512. The molecule has 3 N–H and O–H groups in total. The predicted octanol–water partition coefficient (Wildman–Crippen LogP) is 4.15. The highest BCUT2D eigenvalue weighted by Crippen LogP contribution is 2.34. The van der Waals surface area contributed by atoms with Crippen molar-refractivity contribution in [1.29, 1.82) is 0 Å². The molecule has 144 valence electrons. The fourth-order valence-corrected chi connectivity index (χ4v) is 3.29. The summed E-state index contributed by atoms with van der Waals surface area (Å²) in [4.78, 5) is 12.6. The van der Waals surface area contributed by atoms with Crippen molar-refractivity contribution in [2.45, 2.75) is 44.7 Å². The first kappa shape index (κ1) is 19.2. The number of carbonyl (C=O) groups is 1. The molecule has 1 aliphatic rings. The van der Waals surface area contributed by atoms with Gasteiger partial charge in [-0.3, -0.25) is 4.79 Å². The molecule has 6 heteroatoms. The van der Waals surface area contributed by atoms with E-state index in [4.69, 9.17) is 15.2 Å². The maximum atomic E-state index is 14.2. The lowest BCUT2D eigenvalue weighted by Crippen LogP contribution is -2.36. The smallest absolute Gasteiger partial charge is 0.251 e. The van der Waals surface area contributed by atoms with Crippen molar-refractivity contribution in [2.75, 3.05) is 7.11 Å². The number of benzene rings is 2. The Bertz CT molecular complexity index is 804. The van der Waals surface area contributed by atoms with Gasteiger partial charge < -0.3 is 20.5 Å². The summed E-state index contributed by atoms with van der Waals surface area (Å²) in [6.07, 6.45) is 5.51. The summed E-state index contributed by atoms with van der Waals surface area (Å²) in [6, 6.07) is 9.67. The quantitative estimate of drug-likeness (QED) is 0.799. The molecule has 1 fully saturated rings. The van der Waals surface area contributed by atoms with Gasteiger partial charge in [-0.2, -0.15) is 0 Å². The predicted molar refractivity (Wildman–Crippen MR) is 102 cm³/mol. The number of rotatable bonds is 6. The second-order valence-corrected chi connectivity index (χ2v) is 6.74. The Hall–Kier alpha value is -2.60. The molecule has 0 spiro atoms. The molecule has 0 atom stereocenters. The van der Waals surface area contributed by atoms with Crippen molar-refractivity contribution in [2.24, 2.45) is 5.73 Å². The van der Waals surface area contributed by atoms with Crippen LogP contribution in [0.5, 0.6) is 17.2 Å². The molecule has 0 bridgehead atoms. The van der Waals surface area contributed by atoms with E-state index >= 15 is 0 Å². The van der Waals surface area contributed by atoms with E-state index in [1.807, 2.05) is 0 Å². The molecule has 27 heavy (non-hydrogen) atoms. The summed E-state index contributed by atoms with van der Waals surface area (Å²) < 4.78 is 25.2. The number of halogens is 1. The molecular weight excluding hydrogens is 347 g/mol. The molecular formula is C21H25FN2O3. The van der Waals surface area contributed by atoms with Crippen LogP contribution in [0.3, 0.4) is 0 Å². The van der Waals surface area contributed by atoms with Gasteiger partial charge in [0.05, 0.1) is 7.11 Å². The average molecular weight is 372 g/mol. The van der Waals surface area contributed by atoms with Crippen molar-refractivity contribution in [3.63, 3.8) is 0 Å². The zero-order chi connectivity index (χ0) is 19.2. The number of amides is 1. The third-order valence-electron chi connectivity index (χ3n) is 4.82. The lowest BCUT2D eigenvalue weighted by Gasteiger charge is -2.23. The van der Waals surface area contributed by atoms with Crippen molar-refractivity contribution in [3.05, 3.63) is 53.3 Å². The van der Waals surface area contributed by atoms with Crippen LogP contribution < -0.4 is 20.5 Å². The molecule has 0 aromatic heterocycles. The number of ether oxygens (including phenoxy) is 2. The molecule has 3 rings (SSSR count). The third kappa shape index (κ3) is 4.77. The van der Waals surface area contributed by atoms with Crippen molar-refractivity contribution < 1.29 is 18.7 Å². The number of hydrogen-bond acceptors (Lipinski definition) is 4. The Balaban J connectivity index is 1.79. The van der Waals surface area contributed by atoms with Crippen LogP contribution in [0.15, 0.2) is 36.4 Å². The van der Waals surface area contributed by atoms with Crippen LogP contribution in [-0.2, 0) is 6.54 Å². The Kier molecular flexibility index (Phi) is 6.29. The molecule has 2 aromatic carbocycles. The van der Waals surface area contributed by atoms with Gasteiger partial charge >= 0.3 is 0 Å². The van der Waals surface area contributed by atoms with Crippen LogP contribution >= 0.6 is 0 Å². The van der Waals surface area contributed by atoms with E-state index in [1.165, 1.54) is 25.7 Å². The second-order valence-electron chi connectivity index (χ2n) is 6.74. The first-order valence-corrected chi connectivity index (χ1v) is 9.26. The maximum Gasteiger partial charge on any atom is 0.251 e. The van der Waals surface area contributed by atoms with Gasteiger partial charge in [0, 0.05) is 18.2 Å². The average Bonchev–Trinajstić information content (AvgIpc) is 2.70. The maximum absolute atomic E-state index is 14.2. The van der Waals surface area contributed by atoms with E-state index in [9.17, 15) is 9.18 Å². The third-order valence-corrected chi connectivity index (χ3v) is 4.82. The summed E-state index contributed by atoms with van der Waals surface area (Å²) >= 11 is 0. The lowest BCUT2D eigenvalue weighted by atomic mass is 9.95. The van der Waals surface area contributed by atoms with E-state index < -0.39 is 5.82 Å². The number of nitrogens with one attached hydrogen (secondary N) is 1. The van der Waals surface area contributed by atoms with Crippen LogP contribution in [0.2, 0.25) is 0 Å².